The number of amides is 2. The summed E-state index contributed by atoms with van der Waals surface area (Å²) in [5.74, 6) is -1.03. The monoisotopic (exact) mass is 298 g/mol. The number of aliphatic hydroxyl groups is 1. The predicted molar refractivity (Wildman–Crippen MR) is 73.1 cm³/mol. The molecule has 2 N–H and O–H groups in total. The highest BCUT2D eigenvalue weighted by Gasteiger charge is 2.38. The summed E-state index contributed by atoms with van der Waals surface area (Å²) in [6.07, 6.45) is 2.10. The maximum atomic E-state index is 11.7. The largest absolute Gasteiger partial charge is 0.466 e. The minimum absolute atomic E-state index is 0.120. The number of carbonyl (C=O) groups excluding carboxylic acids is 3. The number of esters is 1. The Morgan fingerprint density at radius 1 is 1.33 bits per heavy atom. The third kappa shape index (κ3) is 4.25. The van der Waals surface area contributed by atoms with Gasteiger partial charge in [-0.05, 0) is 32.6 Å². The molecule has 2 fully saturated rings. The maximum Gasteiger partial charge on any atom is 0.308 e. The molecule has 1 aliphatic carbocycles. The van der Waals surface area contributed by atoms with Crippen molar-refractivity contribution in [3.63, 3.8) is 0 Å². The second kappa shape index (κ2) is 6.53. The van der Waals surface area contributed by atoms with Crippen LogP contribution < -0.4 is 5.32 Å². The first-order chi connectivity index (χ1) is 9.92. The van der Waals surface area contributed by atoms with E-state index < -0.39 is 5.60 Å². The second-order valence-electron chi connectivity index (χ2n) is 5.87. The van der Waals surface area contributed by atoms with Crippen LogP contribution in [0.1, 0.15) is 32.6 Å². The number of hydrogen-bond acceptors (Lipinski definition) is 6. The molecule has 2 amide bonds. The van der Waals surface area contributed by atoms with Crippen LogP contribution in [0, 0.1) is 5.92 Å². The molecule has 1 heterocycles. The molecule has 0 atom stereocenters. The number of ether oxygens (including phenoxy) is 1. The van der Waals surface area contributed by atoms with Gasteiger partial charge in [-0.2, -0.15) is 0 Å². The van der Waals surface area contributed by atoms with Crippen LogP contribution in [0.4, 0.5) is 0 Å². The zero-order valence-corrected chi connectivity index (χ0v) is 12.3. The van der Waals surface area contributed by atoms with Crippen LogP contribution >= 0.6 is 0 Å². The number of piperazine rings is 1. The highest BCUT2D eigenvalue weighted by molar-refractivity contribution is 5.99. The average Bonchev–Trinajstić information content (AvgIpc) is 2.38. The van der Waals surface area contributed by atoms with Gasteiger partial charge in [0.1, 0.15) is 0 Å². The van der Waals surface area contributed by atoms with Gasteiger partial charge in [-0.25, -0.2) is 0 Å². The van der Waals surface area contributed by atoms with E-state index >= 15 is 0 Å². The number of carbonyl (C=O) groups is 3. The summed E-state index contributed by atoms with van der Waals surface area (Å²) in [5.41, 5.74) is -0.944. The summed E-state index contributed by atoms with van der Waals surface area (Å²) >= 11 is 0. The molecule has 0 aromatic heterocycles. The molecule has 0 bridgehead atoms. The fourth-order valence-corrected chi connectivity index (χ4v) is 3.03. The summed E-state index contributed by atoms with van der Waals surface area (Å²) in [6.45, 7) is 2.66. The molecule has 21 heavy (non-hydrogen) atoms. The lowest BCUT2D eigenvalue weighted by Crippen LogP contribution is -2.56. The van der Waals surface area contributed by atoms with Gasteiger partial charge in [0.25, 0.3) is 0 Å². The molecule has 1 saturated carbocycles. The molecular weight excluding hydrogens is 276 g/mol. The van der Waals surface area contributed by atoms with Crippen LogP contribution in [0.3, 0.4) is 0 Å². The van der Waals surface area contributed by atoms with Crippen LogP contribution in [0.25, 0.3) is 0 Å². The quantitative estimate of drug-likeness (QED) is 0.533. The first-order valence-corrected chi connectivity index (χ1v) is 7.36. The number of rotatable bonds is 4. The normalized spacial score (nSPS) is 30.9. The summed E-state index contributed by atoms with van der Waals surface area (Å²) in [5, 5.41) is 12.8. The summed E-state index contributed by atoms with van der Waals surface area (Å²) in [4.78, 5) is 36.0. The van der Waals surface area contributed by atoms with Gasteiger partial charge in [-0.3, -0.25) is 24.6 Å². The fraction of sp³-hybridized carbons (Fsp3) is 0.786. The minimum Gasteiger partial charge on any atom is -0.466 e. The lowest BCUT2D eigenvalue weighted by Gasteiger charge is -2.39. The second-order valence-corrected chi connectivity index (χ2v) is 5.87. The van der Waals surface area contributed by atoms with Crippen LogP contribution in [0.2, 0.25) is 0 Å². The molecule has 2 rings (SSSR count). The van der Waals surface area contributed by atoms with E-state index in [1.807, 2.05) is 0 Å². The van der Waals surface area contributed by atoms with Gasteiger partial charge in [-0.1, -0.05) is 0 Å². The van der Waals surface area contributed by atoms with Gasteiger partial charge in [0, 0.05) is 6.54 Å². The Morgan fingerprint density at radius 3 is 2.43 bits per heavy atom. The number of hydrogen-bond donors (Lipinski definition) is 2. The third-order valence-electron chi connectivity index (χ3n) is 4.07. The van der Waals surface area contributed by atoms with E-state index in [9.17, 15) is 19.5 Å². The van der Waals surface area contributed by atoms with Crippen molar-refractivity contribution in [1.82, 2.24) is 10.2 Å². The van der Waals surface area contributed by atoms with Gasteiger partial charge in [-0.15, -0.1) is 0 Å². The Morgan fingerprint density at radius 2 is 1.90 bits per heavy atom. The highest BCUT2D eigenvalue weighted by atomic mass is 16.5. The van der Waals surface area contributed by atoms with Gasteiger partial charge in [0.15, 0.2) is 0 Å². The van der Waals surface area contributed by atoms with Gasteiger partial charge in [0.2, 0.25) is 11.8 Å². The third-order valence-corrected chi connectivity index (χ3v) is 4.07. The van der Waals surface area contributed by atoms with Crippen molar-refractivity contribution in [3.8, 4) is 0 Å². The average molecular weight is 298 g/mol. The summed E-state index contributed by atoms with van der Waals surface area (Å²) in [6, 6.07) is 0. The Bertz CT molecular complexity index is 413. The Labute approximate surface area is 123 Å². The number of nitrogens with one attached hydrogen (secondary N) is 1. The van der Waals surface area contributed by atoms with E-state index in [2.05, 4.69) is 5.32 Å². The van der Waals surface area contributed by atoms with Crippen molar-refractivity contribution in [2.45, 2.75) is 38.2 Å². The van der Waals surface area contributed by atoms with E-state index in [0.717, 1.165) is 0 Å². The zero-order valence-electron chi connectivity index (χ0n) is 12.3. The Hall–Kier alpha value is -1.47. The van der Waals surface area contributed by atoms with Crippen LogP contribution in [0.5, 0.6) is 0 Å². The first kappa shape index (κ1) is 15.9. The molecule has 7 heteroatoms. The molecule has 0 radical (unpaired) electrons. The van der Waals surface area contributed by atoms with Crippen LogP contribution in [-0.4, -0.2) is 59.6 Å². The van der Waals surface area contributed by atoms with E-state index in [4.69, 9.17) is 4.74 Å². The van der Waals surface area contributed by atoms with Gasteiger partial charge in [0.05, 0.1) is 31.2 Å². The Balaban J connectivity index is 1.86. The topological polar surface area (TPSA) is 95.9 Å². The minimum atomic E-state index is -0.944. The standard InChI is InChI=1S/C14H22N2O5/c1-2-21-13(19)10-3-5-14(20,6-4-10)9-16-7-11(17)15-12(18)8-16/h10,20H,2-9H2,1H3,(H,15,17,18). The van der Waals surface area contributed by atoms with E-state index in [1.54, 1.807) is 11.8 Å². The van der Waals surface area contributed by atoms with Crippen LogP contribution in [0.15, 0.2) is 0 Å². The molecule has 1 saturated heterocycles. The van der Waals surface area contributed by atoms with Crippen molar-refractivity contribution in [2.24, 2.45) is 5.92 Å². The molecule has 118 valence electrons. The highest BCUT2D eigenvalue weighted by Crippen LogP contribution is 2.33. The van der Waals surface area contributed by atoms with Crippen LogP contribution in [-0.2, 0) is 19.1 Å². The van der Waals surface area contributed by atoms with Gasteiger partial charge < -0.3 is 9.84 Å². The lowest BCUT2D eigenvalue weighted by atomic mass is 9.78. The summed E-state index contributed by atoms with van der Waals surface area (Å²) < 4.78 is 5.00. The Kier molecular flexibility index (Phi) is 4.95. The lowest BCUT2D eigenvalue weighted by molar-refractivity contribution is -0.151. The van der Waals surface area contributed by atoms with Gasteiger partial charge >= 0.3 is 5.97 Å². The van der Waals surface area contributed by atoms with E-state index in [1.165, 1.54) is 0 Å². The van der Waals surface area contributed by atoms with Crippen molar-refractivity contribution in [2.75, 3.05) is 26.2 Å². The smallest absolute Gasteiger partial charge is 0.308 e. The predicted octanol–water partition coefficient (Wildman–Crippen LogP) is -0.571. The van der Waals surface area contributed by atoms with Crippen molar-refractivity contribution in [3.05, 3.63) is 0 Å². The van der Waals surface area contributed by atoms with Crippen molar-refractivity contribution >= 4 is 17.8 Å². The van der Waals surface area contributed by atoms with Crippen molar-refractivity contribution < 1.29 is 24.2 Å². The first-order valence-electron chi connectivity index (χ1n) is 7.36. The molecule has 0 aromatic rings. The van der Waals surface area contributed by atoms with Crippen molar-refractivity contribution in [1.29, 1.82) is 0 Å². The molecule has 2 aliphatic rings. The fourth-order valence-electron chi connectivity index (χ4n) is 3.03. The SMILES string of the molecule is CCOC(=O)C1CCC(O)(CN2CC(=O)NC(=O)C2)CC1. The molecular formula is C14H22N2O5. The molecule has 1 aliphatic heterocycles. The molecule has 0 unspecified atom stereocenters. The molecule has 0 spiro atoms. The molecule has 7 nitrogen and oxygen atoms in total. The van der Waals surface area contributed by atoms with E-state index in [0.29, 0.717) is 32.3 Å². The number of β-amino-alcohol motifs (C(OH)–C–C–N with tert-alkyl or cyclic N) is 1. The summed E-state index contributed by atoms with van der Waals surface area (Å²) in [7, 11) is 0. The van der Waals surface area contributed by atoms with E-state index in [-0.39, 0.29) is 43.3 Å². The zero-order chi connectivity index (χ0) is 15.5. The number of imide groups is 1. The maximum absolute atomic E-state index is 11.7. The number of nitrogens with zero attached hydrogens (tertiary/aromatic N) is 1. The molecule has 0 aromatic carbocycles.